The predicted octanol–water partition coefficient (Wildman–Crippen LogP) is 3.17. The fourth-order valence-corrected chi connectivity index (χ4v) is 3.31. The van der Waals surface area contributed by atoms with Crippen LogP contribution in [0.15, 0.2) is 42.5 Å². The van der Waals surface area contributed by atoms with Crippen molar-refractivity contribution in [2.45, 2.75) is 57.2 Å². The van der Waals surface area contributed by atoms with E-state index in [-0.39, 0.29) is 6.42 Å². The molecule has 29 heavy (non-hydrogen) atoms. The number of methoxy groups -OCH3 is 2. The van der Waals surface area contributed by atoms with Crippen LogP contribution in [0.3, 0.4) is 0 Å². The molecule has 7 nitrogen and oxygen atoms in total. The summed E-state index contributed by atoms with van der Waals surface area (Å²) >= 11 is 0. The first-order chi connectivity index (χ1) is 13.7. The molecule has 0 amide bonds. The largest absolute Gasteiger partial charge is 0.467 e. The summed E-state index contributed by atoms with van der Waals surface area (Å²) in [6.07, 6.45) is 0.0334. The Morgan fingerprint density at radius 3 is 2.41 bits per heavy atom. The van der Waals surface area contributed by atoms with Gasteiger partial charge in [0.25, 0.3) is 0 Å². The smallest absolute Gasteiger partial charge is 0.341 e. The summed E-state index contributed by atoms with van der Waals surface area (Å²) in [5.41, 5.74) is 0.389. The van der Waals surface area contributed by atoms with Crippen molar-refractivity contribution < 1.29 is 33.3 Å². The average molecular weight is 406 g/mol. The minimum Gasteiger partial charge on any atom is -0.467 e. The topological polar surface area (TPSA) is 80.3 Å². The summed E-state index contributed by atoms with van der Waals surface area (Å²) in [5.74, 6) is -2.49. The summed E-state index contributed by atoms with van der Waals surface area (Å²) < 4.78 is 27.0. The van der Waals surface area contributed by atoms with Gasteiger partial charge in [0, 0.05) is 0 Å². The van der Waals surface area contributed by atoms with Crippen molar-refractivity contribution in [3.05, 3.63) is 48.0 Å². The van der Waals surface area contributed by atoms with E-state index in [4.69, 9.17) is 23.7 Å². The van der Waals surface area contributed by atoms with Gasteiger partial charge in [0.15, 0.2) is 11.9 Å². The number of carbonyl (C=O) groups excluding carboxylic acids is 2. The second kappa shape index (κ2) is 10.0. The lowest BCUT2D eigenvalue weighted by atomic mass is 9.89. The number of carbonyl (C=O) groups is 2. The number of hydrogen-bond acceptors (Lipinski definition) is 7. The molecule has 2 rings (SSSR count). The van der Waals surface area contributed by atoms with Crippen LogP contribution in [0.5, 0.6) is 0 Å². The Kier molecular flexibility index (Phi) is 7.96. The van der Waals surface area contributed by atoms with Crippen LogP contribution in [0.1, 0.15) is 38.7 Å². The number of esters is 2. The van der Waals surface area contributed by atoms with Crippen LogP contribution in [-0.4, -0.2) is 50.3 Å². The van der Waals surface area contributed by atoms with Crippen LogP contribution in [-0.2, 0) is 39.9 Å². The second-order valence-electron chi connectivity index (χ2n) is 7.44. The molecule has 2 atom stereocenters. The van der Waals surface area contributed by atoms with Gasteiger partial charge >= 0.3 is 11.9 Å². The Bertz CT molecular complexity index is 713. The van der Waals surface area contributed by atoms with E-state index >= 15 is 0 Å². The van der Waals surface area contributed by atoms with E-state index in [1.807, 2.05) is 30.3 Å². The van der Waals surface area contributed by atoms with Gasteiger partial charge in [-0.05, 0) is 38.7 Å². The Labute approximate surface area is 171 Å². The summed E-state index contributed by atoms with van der Waals surface area (Å²) in [7, 11) is 2.49. The van der Waals surface area contributed by atoms with E-state index in [0.717, 1.165) is 11.1 Å². The SMILES string of the molecule is C=C(CCOCc1ccccc1)CC[C@@]1(C(=O)OC)OC(C)(C)O[C@H]1C(=O)OC. The molecule has 1 heterocycles. The molecule has 0 spiro atoms. The molecule has 1 aromatic rings. The molecule has 7 heteroatoms. The third-order valence-corrected chi connectivity index (χ3v) is 4.76. The van der Waals surface area contributed by atoms with E-state index < -0.39 is 29.4 Å². The fraction of sp³-hybridized carbons (Fsp3) is 0.545. The van der Waals surface area contributed by atoms with Crippen molar-refractivity contribution in [2.75, 3.05) is 20.8 Å². The zero-order valence-electron chi connectivity index (χ0n) is 17.6. The third-order valence-electron chi connectivity index (χ3n) is 4.76. The van der Waals surface area contributed by atoms with Crippen molar-refractivity contribution in [1.29, 1.82) is 0 Å². The van der Waals surface area contributed by atoms with Crippen molar-refractivity contribution in [3.8, 4) is 0 Å². The minimum absolute atomic E-state index is 0.181. The molecule has 0 aliphatic carbocycles. The van der Waals surface area contributed by atoms with Gasteiger partial charge in [-0.2, -0.15) is 0 Å². The monoisotopic (exact) mass is 406 g/mol. The van der Waals surface area contributed by atoms with Gasteiger partial charge in [-0.1, -0.05) is 42.5 Å². The molecule has 0 unspecified atom stereocenters. The zero-order chi connectivity index (χ0) is 21.5. The van der Waals surface area contributed by atoms with Gasteiger partial charge in [-0.3, -0.25) is 0 Å². The lowest BCUT2D eigenvalue weighted by Crippen LogP contribution is -2.52. The van der Waals surface area contributed by atoms with Crippen molar-refractivity contribution in [2.24, 2.45) is 0 Å². The molecule has 1 aromatic carbocycles. The zero-order valence-corrected chi connectivity index (χ0v) is 17.6. The summed E-state index contributed by atoms with van der Waals surface area (Å²) in [6, 6.07) is 9.89. The van der Waals surface area contributed by atoms with E-state index in [1.165, 1.54) is 14.2 Å². The summed E-state index contributed by atoms with van der Waals surface area (Å²) in [5, 5.41) is 0. The number of ether oxygens (including phenoxy) is 5. The molecule has 1 aliphatic heterocycles. The van der Waals surface area contributed by atoms with Crippen molar-refractivity contribution in [1.82, 2.24) is 0 Å². The molecule has 0 radical (unpaired) electrons. The van der Waals surface area contributed by atoms with E-state index in [0.29, 0.717) is 26.1 Å². The summed E-state index contributed by atoms with van der Waals surface area (Å²) in [6.45, 7) is 8.36. The minimum atomic E-state index is -1.58. The Morgan fingerprint density at radius 1 is 1.10 bits per heavy atom. The van der Waals surface area contributed by atoms with Crippen LogP contribution in [0.4, 0.5) is 0 Å². The lowest BCUT2D eigenvalue weighted by molar-refractivity contribution is -0.188. The van der Waals surface area contributed by atoms with Gasteiger partial charge in [-0.25, -0.2) is 9.59 Å². The van der Waals surface area contributed by atoms with Crippen molar-refractivity contribution in [3.63, 3.8) is 0 Å². The number of benzene rings is 1. The van der Waals surface area contributed by atoms with Gasteiger partial charge in [0.2, 0.25) is 5.60 Å². The fourth-order valence-electron chi connectivity index (χ4n) is 3.31. The maximum Gasteiger partial charge on any atom is 0.341 e. The van der Waals surface area contributed by atoms with Crippen LogP contribution in [0, 0.1) is 0 Å². The van der Waals surface area contributed by atoms with Gasteiger partial charge in [-0.15, -0.1) is 0 Å². The molecule has 0 aromatic heterocycles. The Morgan fingerprint density at radius 2 is 1.79 bits per heavy atom. The van der Waals surface area contributed by atoms with E-state index in [1.54, 1.807) is 13.8 Å². The van der Waals surface area contributed by atoms with Crippen LogP contribution in [0.25, 0.3) is 0 Å². The first-order valence-electron chi connectivity index (χ1n) is 9.56. The normalized spacial score (nSPS) is 22.8. The second-order valence-corrected chi connectivity index (χ2v) is 7.44. The molecule has 160 valence electrons. The average Bonchev–Trinajstić information content (AvgIpc) is 3.01. The molecular formula is C22H30O7. The standard InChI is InChI=1S/C22H30O7/c1-16(12-14-27-15-17-9-7-6-8-10-17)11-13-22(20(24)26-5)18(19(23)25-4)28-21(2,3)29-22/h6-10,18H,1,11-15H2,2-5H3/t18-,22+/m0/s1. The quantitative estimate of drug-likeness (QED) is 0.335. The molecule has 0 saturated carbocycles. The first kappa shape index (κ1) is 23.1. The third kappa shape index (κ3) is 5.88. The van der Waals surface area contributed by atoms with Crippen LogP contribution < -0.4 is 0 Å². The molecule has 1 aliphatic rings. The van der Waals surface area contributed by atoms with E-state index in [9.17, 15) is 9.59 Å². The highest BCUT2D eigenvalue weighted by atomic mass is 16.8. The molecule has 1 saturated heterocycles. The highest BCUT2D eigenvalue weighted by Gasteiger charge is 2.62. The first-order valence-corrected chi connectivity index (χ1v) is 9.56. The van der Waals surface area contributed by atoms with E-state index in [2.05, 4.69) is 6.58 Å². The van der Waals surface area contributed by atoms with Crippen molar-refractivity contribution >= 4 is 11.9 Å². The number of hydrogen-bond donors (Lipinski definition) is 0. The Hall–Kier alpha value is -2.22. The molecular weight excluding hydrogens is 376 g/mol. The van der Waals surface area contributed by atoms with Gasteiger partial charge < -0.3 is 23.7 Å². The van der Waals surface area contributed by atoms with Gasteiger partial charge in [0.1, 0.15) is 0 Å². The maximum absolute atomic E-state index is 12.6. The highest BCUT2D eigenvalue weighted by molar-refractivity contribution is 5.90. The van der Waals surface area contributed by atoms with Crippen LogP contribution in [0.2, 0.25) is 0 Å². The highest BCUT2D eigenvalue weighted by Crippen LogP contribution is 2.41. The predicted molar refractivity (Wildman–Crippen MR) is 106 cm³/mol. The molecule has 1 fully saturated rings. The van der Waals surface area contributed by atoms with Gasteiger partial charge in [0.05, 0.1) is 27.4 Å². The van der Waals surface area contributed by atoms with Crippen LogP contribution >= 0.6 is 0 Å². The molecule has 0 N–H and O–H groups in total. The lowest BCUT2D eigenvalue weighted by Gasteiger charge is -2.29. The Balaban J connectivity index is 1.95. The molecule has 0 bridgehead atoms. The summed E-state index contributed by atoms with van der Waals surface area (Å²) in [4.78, 5) is 24.8. The maximum atomic E-state index is 12.6. The number of rotatable bonds is 10.